The minimum absolute atomic E-state index is 0.300. The van der Waals surface area contributed by atoms with Crippen LogP contribution in [0.4, 0.5) is 0 Å². The highest BCUT2D eigenvalue weighted by atomic mass is 35.5. The van der Waals surface area contributed by atoms with Crippen LogP contribution < -0.4 is 0 Å². The molecule has 0 bridgehead atoms. The van der Waals surface area contributed by atoms with E-state index in [1.807, 2.05) is 0 Å². The van der Waals surface area contributed by atoms with Gasteiger partial charge in [0.1, 0.15) is 17.5 Å². The average molecular weight is 252 g/mol. The molecule has 1 aromatic heterocycles. The van der Waals surface area contributed by atoms with Crippen molar-refractivity contribution in [2.24, 2.45) is 0 Å². The van der Waals surface area contributed by atoms with Crippen LogP contribution in [0.5, 0.6) is 0 Å². The second-order valence-electron chi connectivity index (χ2n) is 3.31. The monoisotopic (exact) mass is 251 g/mol. The van der Waals surface area contributed by atoms with Crippen LogP contribution >= 0.6 is 11.6 Å². The van der Waals surface area contributed by atoms with Gasteiger partial charge in [0.15, 0.2) is 0 Å². The van der Waals surface area contributed by atoms with Crippen molar-refractivity contribution in [2.45, 2.75) is 6.92 Å². The first kappa shape index (κ1) is 11.7. The van der Waals surface area contributed by atoms with E-state index in [9.17, 15) is 4.79 Å². The summed E-state index contributed by atoms with van der Waals surface area (Å²) in [7, 11) is 0. The van der Waals surface area contributed by atoms with Gasteiger partial charge in [0.05, 0.1) is 6.61 Å². The summed E-state index contributed by atoms with van der Waals surface area (Å²) in [5.41, 5.74) is 1.45. The summed E-state index contributed by atoms with van der Waals surface area (Å²) in [6.07, 6.45) is 1.27. The van der Waals surface area contributed by atoms with Crippen molar-refractivity contribution in [3.63, 3.8) is 0 Å². The Hall–Kier alpha value is -1.81. The molecule has 0 atom stereocenters. The number of carbonyl (C=O) groups excluding carboxylic acids is 1. The van der Waals surface area contributed by atoms with Crippen molar-refractivity contribution in [1.29, 1.82) is 0 Å². The molecule has 0 N–H and O–H groups in total. The first-order valence-corrected chi connectivity index (χ1v) is 5.47. The molecule has 5 heteroatoms. The third kappa shape index (κ3) is 2.47. The molecule has 2 aromatic rings. The molecule has 1 heterocycles. The van der Waals surface area contributed by atoms with Crippen molar-refractivity contribution in [3.05, 3.63) is 41.1 Å². The van der Waals surface area contributed by atoms with E-state index in [-0.39, 0.29) is 0 Å². The molecule has 2 rings (SSSR count). The molecular weight excluding hydrogens is 242 g/mol. The Bertz CT molecular complexity index is 536. The van der Waals surface area contributed by atoms with Gasteiger partial charge in [-0.2, -0.15) is 0 Å². The summed E-state index contributed by atoms with van der Waals surface area (Å²) in [4.78, 5) is 11.6. The normalized spacial score (nSPS) is 10.2. The fraction of sp³-hybridized carbons (Fsp3) is 0.167. The van der Waals surface area contributed by atoms with E-state index in [4.69, 9.17) is 20.9 Å². The van der Waals surface area contributed by atoms with Crippen LogP contribution in [0, 0.1) is 0 Å². The van der Waals surface area contributed by atoms with Gasteiger partial charge in [-0.05, 0) is 19.1 Å². The van der Waals surface area contributed by atoms with E-state index in [1.165, 1.54) is 6.26 Å². The molecule has 88 valence electrons. The number of hydrogen-bond acceptors (Lipinski definition) is 4. The molecule has 0 fully saturated rings. The van der Waals surface area contributed by atoms with E-state index in [0.717, 1.165) is 0 Å². The fourth-order valence-corrected chi connectivity index (χ4v) is 1.62. The molecule has 0 aliphatic rings. The van der Waals surface area contributed by atoms with Crippen LogP contribution in [0.25, 0.3) is 11.3 Å². The number of nitrogens with zero attached hydrogens (tertiary/aromatic N) is 1. The zero-order valence-electron chi connectivity index (χ0n) is 9.14. The van der Waals surface area contributed by atoms with E-state index in [1.54, 1.807) is 31.2 Å². The maximum atomic E-state index is 11.6. The Kier molecular flexibility index (Phi) is 3.44. The first-order valence-electron chi connectivity index (χ1n) is 5.09. The number of carbonyl (C=O) groups is 1. The van der Waals surface area contributed by atoms with Gasteiger partial charge in [-0.1, -0.05) is 28.9 Å². The number of ether oxygens (including phenoxy) is 1. The first-order chi connectivity index (χ1) is 8.22. The molecule has 17 heavy (non-hydrogen) atoms. The molecule has 0 saturated heterocycles. The molecule has 1 aromatic carbocycles. The third-order valence-electron chi connectivity index (χ3n) is 2.16. The number of aromatic nitrogens is 1. The topological polar surface area (TPSA) is 52.3 Å². The molecule has 0 saturated carbocycles. The lowest BCUT2D eigenvalue weighted by Crippen LogP contribution is -2.04. The second kappa shape index (κ2) is 5.01. The van der Waals surface area contributed by atoms with Crippen LogP contribution in [0.15, 0.2) is 35.1 Å². The van der Waals surface area contributed by atoms with Crippen molar-refractivity contribution < 1.29 is 14.1 Å². The van der Waals surface area contributed by atoms with Gasteiger partial charge in [0, 0.05) is 10.6 Å². The van der Waals surface area contributed by atoms with Crippen molar-refractivity contribution in [3.8, 4) is 11.3 Å². The smallest absolute Gasteiger partial charge is 0.343 e. The third-order valence-corrected chi connectivity index (χ3v) is 2.40. The molecule has 0 unspecified atom stereocenters. The number of rotatable bonds is 3. The van der Waals surface area contributed by atoms with E-state index < -0.39 is 5.97 Å². The summed E-state index contributed by atoms with van der Waals surface area (Å²) < 4.78 is 9.72. The van der Waals surface area contributed by atoms with Gasteiger partial charge < -0.3 is 9.26 Å². The van der Waals surface area contributed by atoms with Crippen LogP contribution in [0.3, 0.4) is 0 Å². The second-order valence-corrected chi connectivity index (χ2v) is 3.74. The van der Waals surface area contributed by atoms with Gasteiger partial charge >= 0.3 is 5.97 Å². The Morgan fingerprint density at radius 3 is 3.06 bits per heavy atom. The molecule has 0 spiro atoms. The molecule has 0 aliphatic heterocycles. The lowest BCUT2D eigenvalue weighted by atomic mass is 10.1. The Morgan fingerprint density at radius 2 is 2.35 bits per heavy atom. The van der Waals surface area contributed by atoms with Gasteiger partial charge in [-0.25, -0.2) is 4.79 Å². The van der Waals surface area contributed by atoms with Gasteiger partial charge in [0.25, 0.3) is 0 Å². The molecule has 4 nitrogen and oxygen atoms in total. The van der Waals surface area contributed by atoms with Gasteiger partial charge in [-0.15, -0.1) is 0 Å². The van der Waals surface area contributed by atoms with Crippen LogP contribution in [0.2, 0.25) is 5.02 Å². The molecular formula is C12H10ClNO3. The van der Waals surface area contributed by atoms with Crippen LogP contribution in [-0.4, -0.2) is 17.7 Å². The molecule has 0 radical (unpaired) electrons. The predicted octanol–water partition coefficient (Wildman–Crippen LogP) is 3.17. The van der Waals surface area contributed by atoms with Crippen molar-refractivity contribution >= 4 is 17.6 Å². The van der Waals surface area contributed by atoms with Crippen LogP contribution in [-0.2, 0) is 4.74 Å². The van der Waals surface area contributed by atoms with E-state index in [2.05, 4.69) is 5.16 Å². The molecule has 0 amide bonds. The lowest BCUT2D eigenvalue weighted by molar-refractivity contribution is 0.0526. The highest BCUT2D eigenvalue weighted by molar-refractivity contribution is 6.30. The Balaban J connectivity index is 2.40. The minimum Gasteiger partial charge on any atom is -0.462 e. The minimum atomic E-state index is -0.455. The van der Waals surface area contributed by atoms with Gasteiger partial charge in [-0.3, -0.25) is 0 Å². The largest absolute Gasteiger partial charge is 0.462 e. The fourth-order valence-electron chi connectivity index (χ4n) is 1.43. The van der Waals surface area contributed by atoms with Crippen LogP contribution in [0.1, 0.15) is 17.3 Å². The number of benzene rings is 1. The summed E-state index contributed by atoms with van der Waals surface area (Å²) in [6.45, 7) is 2.05. The van der Waals surface area contributed by atoms with Crippen molar-refractivity contribution in [1.82, 2.24) is 5.16 Å². The zero-order valence-corrected chi connectivity index (χ0v) is 9.90. The summed E-state index contributed by atoms with van der Waals surface area (Å²) in [5, 5.41) is 4.37. The Morgan fingerprint density at radius 1 is 1.53 bits per heavy atom. The van der Waals surface area contributed by atoms with Gasteiger partial charge in [0.2, 0.25) is 0 Å². The van der Waals surface area contributed by atoms with E-state index in [0.29, 0.717) is 28.5 Å². The number of halogens is 1. The highest BCUT2D eigenvalue weighted by Crippen LogP contribution is 2.25. The summed E-state index contributed by atoms with van der Waals surface area (Å²) in [6, 6.07) is 7.03. The quantitative estimate of drug-likeness (QED) is 0.787. The maximum Gasteiger partial charge on any atom is 0.343 e. The number of hydrogen-bond donors (Lipinski definition) is 0. The SMILES string of the molecule is CCOC(=O)c1conc1-c1cccc(Cl)c1. The highest BCUT2D eigenvalue weighted by Gasteiger charge is 2.18. The molecule has 0 aliphatic carbocycles. The zero-order chi connectivity index (χ0) is 12.3. The maximum absolute atomic E-state index is 11.6. The lowest BCUT2D eigenvalue weighted by Gasteiger charge is -2.01. The summed E-state index contributed by atoms with van der Waals surface area (Å²) >= 11 is 5.88. The average Bonchev–Trinajstić information content (AvgIpc) is 2.78. The number of esters is 1. The summed E-state index contributed by atoms with van der Waals surface area (Å²) in [5.74, 6) is -0.455. The van der Waals surface area contributed by atoms with E-state index >= 15 is 0 Å². The Labute approximate surface area is 103 Å². The standard InChI is InChI=1S/C12H10ClNO3/c1-2-16-12(15)10-7-17-14-11(10)8-4-3-5-9(13)6-8/h3-7H,2H2,1H3. The predicted molar refractivity (Wildman–Crippen MR) is 62.9 cm³/mol. The van der Waals surface area contributed by atoms with Crippen molar-refractivity contribution in [2.75, 3.05) is 6.61 Å².